The van der Waals surface area contributed by atoms with E-state index in [1.54, 1.807) is 0 Å². The highest BCUT2D eigenvalue weighted by atomic mass is 19.1. The average Bonchev–Trinajstić information content (AvgIpc) is 2.26. The molecular formula is C11H11FO4. The minimum Gasteiger partial charge on any atom is -0.481 e. The third kappa shape index (κ3) is 3.43. The number of carboxylic acids is 1. The van der Waals surface area contributed by atoms with Crippen molar-refractivity contribution in [2.75, 3.05) is 0 Å². The molecule has 0 spiro atoms. The molecule has 0 fully saturated rings. The Bertz CT molecular complexity index is 385. The molecule has 1 aromatic rings. The van der Waals surface area contributed by atoms with Crippen molar-refractivity contribution >= 4 is 11.8 Å². The monoisotopic (exact) mass is 226 g/mol. The molecular weight excluding hydrogens is 215 g/mol. The summed E-state index contributed by atoms with van der Waals surface area (Å²) in [5.74, 6) is -2.15. The second kappa shape index (κ2) is 5.37. The van der Waals surface area contributed by atoms with Crippen LogP contribution in [0.2, 0.25) is 0 Å². The number of aliphatic hydroxyl groups excluding tert-OH is 1. The summed E-state index contributed by atoms with van der Waals surface area (Å²) in [5.41, 5.74) is 0.261. The van der Waals surface area contributed by atoms with Crippen molar-refractivity contribution in [3.63, 3.8) is 0 Å². The van der Waals surface area contributed by atoms with Crippen molar-refractivity contribution in [2.45, 2.75) is 18.9 Å². The van der Waals surface area contributed by atoms with E-state index in [2.05, 4.69) is 0 Å². The Hall–Kier alpha value is -1.75. The van der Waals surface area contributed by atoms with E-state index in [1.807, 2.05) is 0 Å². The maximum Gasteiger partial charge on any atom is 0.303 e. The molecule has 4 nitrogen and oxygen atoms in total. The number of aliphatic carboxylic acids is 1. The van der Waals surface area contributed by atoms with Gasteiger partial charge in [-0.3, -0.25) is 9.59 Å². The number of carbonyl (C=O) groups excluding carboxylic acids is 1. The van der Waals surface area contributed by atoms with Crippen molar-refractivity contribution in [3.8, 4) is 0 Å². The van der Waals surface area contributed by atoms with Gasteiger partial charge in [-0.2, -0.15) is 0 Å². The highest BCUT2D eigenvalue weighted by molar-refractivity contribution is 5.86. The van der Waals surface area contributed by atoms with E-state index in [0.717, 1.165) is 12.1 Å². The van der Waals surface area contributed by atoms with Gasteiger partial charge in [-0.25, -0.2) is 4.39 Å². The molecule has 5 heteroatoms. The van der Waals surface area contributed by atoms with Gasteiger partial charge in [0.1, 0.15) is 11.9 Å². The quantitative estimate of drug-likeness (QED) is 0.793. The van der Waals surface area contributed by atoms with E-state index < -0.39 is 23.7 Å². The highest BCUT2D eigenvalue weighted by Crippen LogP contribution is 2.16. The van der Waals surface area contributed by atoms with Crippen LogP contribution in [0.15, 0.2) is 24.3 Å². The molecule has 1 atom stereocenters. The molecule has 1 aromatic carbocycles. The molecule has 0 aliphatic heterocycles. The summed E-state index contributed by atoms with van der Waals surface area (Å²) in [4.78, 5) is 21.5. The van der Waals surface area contributed by atoms with Crippen LogP contribution in [0.5, 0.6) is 0 Å². The van der Waals surface area contributed by atoms with Gasteiger partial charge in [-0.15, -0.1) is 0 Å². The van der Waals surface area contributed by atoms with Gasteiger partial charge in [0.2, 0.25) is 0 Å². The molecule has 0 radical (unpaired) electrons. The van der Waals surface area contributed by atoms with Crippen LogP contribution in [0, 0.1) is 5.82 Å². The number of carbonyl (C=O) groups is 2. The normalized spacial score (nSPS) is 12.1. The Morgan fingerprint density at radius 2 is 1.75 bits per heavy atom. The third-order valence-electron chi connectivity index (χ3n) is 2.08. The minimum absolute atomic E-state index is 0.242. The van der Waals surface area contributed by atoms with Gasteiger partial charge in [0.05, 0.1) is 6.42 Å². The average molecular weight is 226 g/mol. The van der Waals surface area contributed by atoms with Crippen LogP contribution in [0.3, 0.4) is 0 Å². The Kier molecular flexibility index (Phi) is 4.13. The number of Topliss-reactive ketones (excluding diaryl/α,β-unsaturated/α-hetero) is 1. The second-order valence-electron chi connectivity index (χ2n) is 3.31. The summed E-state index contributed by atoms with van der Waals surface area (Å²) in [7, 11) is 0. The van der Waals surface area contributed by atoms with Crippen LogP contribution in [-0.2, 0) is 9.59 Å². The molecule has 0 unspecified atom stereocenters. The lowest BCUT2D eigenvalue weighted by molar-refractivity contribution is -0.139. The van der Waals surface area contributed by atoms with Crippen LogP contribution >= 0.6 is 0 Å². The van der Waals surface area contributed by atoms with E-state index in [4.69, 9.17) is 5.11 Å². The molecule has 16 heavy (non-hydrogen) atoms. The summed E-state index contributed by atoms with van der Waals surface area (Å²) < 4.78 is 12.6. The number of aliphatic hydroxyl groups is 1. The zero-order valence-electron chi connectivity index (χ0n) is 8.39. The van der Waals surface area contributed by atoms with Gasteiger partial charge in [0.15, 0.2) is 5.78 Å². The van der Waals surface area contributed by atoms with Gasteiger partial charge in [-0.1, -0.05) is 12.1 Å². The fraction of sp³-hybridized carbons (Fsp3) is 0.273. The number of ketones is 1. The van der Waals surface area contributed by atoms with Crippen LogP contribution in [0.4, 0.5) is 4.39 Å². The van der Waals surface area contributed by atoms with Gasteiger partial charge < -0.3 is 10.2 Å². The molecule has 0 aromatic heterocycles. The van der Waals surface area contributed by atoms with Crippen LogP contribution in [0.1, 0.15) is 24.5 Å². The summed E-state index contributed by atoms with van der Waals surface area (Å²) in [6.45, 7) is 0. The van der Waals surface area contributed by atoms with Crippen molar-refractivity contribution in [1.29, 1.82) is 0 Å². The first-order valence-electron chi connectivity index (χ1n) is 4.68. The van der Waals surface area contributed by atoms with Crippen molar-refractivity contribution in [3.05, 3.63) is 35.6 Å². The summed E-state index contributed by atoms with van der Waals surface area (Å²) in [5, 5.41) is 17.9. The number of benzene rings is 1. The summed E-state index contributed by atoms with van der Waals surface area (Å²) >= 11 is 0. The molecule has 0 aliphatic rings. The van der Waals surface area contributed by atoms with E-state index >= 15 is 0 Å². The zero-order chi connectivity index (χ0) is 12.1. The predicted molar refractivity (Wildman–Crippen MR) is 53.2 cm³/mol. The Morgan fingerprint density at radius 3 is 2.25 bits per heavy atom. The lowest BCUT2D eigenvalue weighted by atomic mass is 10.0. The largest absolute Gasteiger partial charge is 0.481 e. The lowest BCUT2D eigenvalue weighted by Crippen LogP contribution is -2.13. The van der Waals surface area contributed by atoms with E-state index in [0.29, 0.717) is 0 Å². The fourth-order valence-corrected chi connectivity index (χ4v) is 1.20. The van der Waals surface area contributed by atoms with Crippen molar-refractivity contribution in [2.24, 2.45) is 0 Å². The first-order chi connectivity index (χ1) is 7.50. The number of hydrogen-bond acceptors (Lipinski definition) is 3. The Balaban J connectivity index is 2.63. The molecule has 0 bridgehead atoms. The smallest absolute Gasteiger partial charge is 0.303 e. The fourth-order valence-electron chi connectivity index (χ4n) is 1.20. The topological polar surface area (TPSA) is 74.6 Å². The number of carboxylic acid groups (broad SMARTS) is 1. The molecule has 0 saturated carbocycles. The zero-order valence-corrected chi connectivity index (χ0v) is 8.39. The Morgan fingerprint density at radius 1 is 1.19 bits per heavy atom. The number of halogens is 1. The molecule has 2 N–H and O–H groups in total. The molecule has 0 heterocycles. The highest BCUT2D eigenvalue weighted by Gasteiger charge is 2.17. The molecule has 0 saturated heterocycles. The molecule has 86 valence electrons. The van der Waals surface area contributed by atoms with E-state index in [-0.39, 0.29) is 18.4 Å². The minimum atomic E-state index is -1.39. The molecule has 1 rings (SSSR count). The number of rotatable bonds is 5. The van der Waals surface area contributed by atoms with Gasteiger partial charge in [-0.05, 0) is 17.7 Å². The van der Waals surface area contributed by atoms with Crippen molar-refractivity contribution in [1.82, 2.24) is 0 Å². The first-order valence-corrected chi connectivity index (χ1v) is 4.68. The third-order valence-corrected chi connectivity index (χ3v) is 2.08. The summed E-state index contributed by atoms with van der Waals surface area (Å²) in [6, 6.07) is 4.84. The van der Waals surface area contributed by atoms with Crippen molar-refractivity contribution < 1.29 is 24.2 Å². The van der Waals surface area contributed by atoms with Crippen LogP contribution in [0.25, 0.3) is 0 Å². The number of hydrogen-bond donors (Lipinski definition) is 2. The standard InChI is InChI=1S/C11H11FO4/c12-8-3-1-7(2-4-8)11(16)9(13)5-6-10(14)15/h1-4,11,16H,5-6H2,(H,14,15)/t11-/m1/s1. The molecule has 0 aliphatic carbocycles. The second-order valence-corrected chi connectivity index (χ2v) is 3.31. The Labute approximate surface area is 91.3 Å². The summed E-state index contributed by atoms with van der Waals surface area (Å²) in [6.07, 6.45) is -1.95. The predicted octanol–water partition coefficient (Wildman–Crippen LogP) is 1.29. The maximum atomic E-state index is 12.6. The van der Waals surface area contributed by atoms with Crippen LogP contribution < -0.4 is 0 Å². The lowest BCUT2D eigenvalue weighted by Gasteiger charge is -2.08. The van der Waals surface area contributed by atoms with Gasteiger partial charge in [0.25, 0.3) is 0 Å². The maximum absolute atomic E-state index is 12.6. The molecule has 0 amide bonds. The first kappa shape index (κ1) is 12.3. The van der Waals surface area contributed by atoms with E-state index in [1.165, 1.54) is 12.1 Å². The van der Waals surface area contributed by atoms with Gasteiger partial charge >= 0.3 is 5.97 Å². The van der Waals surface area contributed by atoms with Gasteiger partial charge in [0, 0.05) is 6.42 Å². The van der Waals surface area contributed by atoms with Crippen LogP contribution in [-0.4, -0.2) is 22.0 Å². The SMILES string of the molecule is O=C(O)CCC(=O)[C@H](O)c1ccc(F)cc1. The van der Waals surface area contributed by atoms with E-state index in [9.17, 15) is 19.1 Å².